The summed E-state index contributed by atoms with van der Waals surface area (Å²) in [5, 5.41) is 5.57. The molecule has 7 nitrogen and oxygen atoms in total. The second kappa shape index (κ2) is 9.49. The van der Waals surface area contributed by atoms with E-state index in [0.717, 1.165) is 24.0 Å². The molecule has 0 heterocycles. The molecule has 1 aromatic rings. The average molecular weight is 418 g/mol. The number of amides is 3. The van der Waals surface area contributed by atoms with Crippen LogP contribution in [0.3, 0.4) is 0 Å². The van der Waals surface area contributed by atoms with E-state index in [2.05, 4.69) is 10.6 Å². The van der Waals surface area contributed by atoms with Crippen molar-refractivity contribution in [2.45, 2.75) is 91.1 Å². The van der Waals surface area contributed by atoms with E-state index in [9.17, 15) is 14.4 Å². The van der Waals surface area contributed by atoms with E-state index in [0.29, 0.717) is 0 Å². The van der Waals surface area contributed by atoms with Gasteiger partial charge in [0.05, 0.1) is 0 Å². The summed E-state index contributed by atoms with van der Waals surface area (Å²) >= 11 is 0. The van der Waals surface area contributed by atoms with Crippen molar-refractivity contribution in [2.24, 2.45) is 0 Å². The summed E-state index contributed by atoms with van der Waals surface area (Å²) in [5.74, 6) is -0.514. The molecule has 0 aromatic heterocycles. The lowest BCUT2D eigenvalue weighted by Crippen LogP contribution is -2.53. The molecule has 1 aliphatic rings. The Kier molecular flexibility index (Phi) is 7.50. The van der Waals surface area contributed by atoms with Crippen molar-refractivity contribution in [1.82, 2.24) is 15.5 Å². The maximum absolute atomic E-state index is 13.4. The molecule has 0 spiro atoms. The monoisotopic (exact) mass is 417 g/mol. The summed E-state index contributed by atoms with van der Waals surface area (Å²) in [6.45, 7) is 12.6. The maximum Gasteiger partial charge on any atom is 0.408 e. The van der Waals surface area contributed by atoms with Gasteiger partial charge in [-0.3, -0.25) is 9.59 Å². The van der Waals surface area contributed by atoms with Crippen LogP contribution in [0.15, 0.2) is 24.3 Å². The van der Waals surface area contributed by atoms with Gasteiger partial charge in [0.1, 0.15) is 17.7 Å². The van der Waals surface area contributed by atoms with Crippen LogP contribution in [0.1, 0.15) is 71.6 Å². The highest BCUT2D eigenvalue weighted by atomic mass is 16.6. The van der Waals surface area contributed by atoms with Gasteiger partial charge in [0.15, 0.2) is 0 Å². The smallest absolute Gasteiger partial charge is 0.408 e. The molecule has 1 aromatic carbocycles. The Labute approximate surface area is 179 Å². The van der Waals surface area contributed by atoms with Crippen LogP contribution < -0.4 is 10.6 Å². The molecule has 30 heavy (non-hydrogen) atoms. The average Bonchev–Trinajstić information content (AvgIpc) is 3.42. The van der Waals surface area contributed by atoms with Crippen LogP contribution >= 0.6 is 0 Å². The predicted octanol–water partition coefficient (Wildman–Crippen LogP) is 3.46. The number of nitrogens with one attached hydrogen (secondary N) is 2. The van der Waals surface area contributed by atoms with Gasteiger partial charge in [-0.2, -0.15) is 0 Å². The van der Waals surface area contributed by atoms with E-state index < -0.39 is 23.8 Å². The molecule has 0 saturated heterocycles. The molecular formula is C23H35N3O4. The lowest BCUT2D eigenvalue weighted by molar-refractivity contribution is -0.143. The quantitative estimate of drug-likeness (QED) is 0.711. The topological polar surface area (TPSA) is 87.7 Å². The number of aryl methyl sites for hydroxylation is 1. The van der Waals surface area contributed by atoms with Gasteiger partial charge in [0.2, 0.25) is 11.8 Å². The summed E-state index contributed by atoms with van der Waals surface area (Å²) in [5.41, 5.74) is 1.07. The van der Waals surface area contributed by atoms with Gasteiger partial charge in [0, 0.05) is 12.1 Å². The molecule has 1 saturated carbocycles. The molecule has 2 rings (SSSR count). The van der Waals surface area contributed by atoms with E-state index >= 15 is 0 Å². The number of rotatable bonds is 7. The fourth-order valence-corrected chi connectivity index (χ4v) is 3.31. The lowest BCUT2D eigenvalue weighted by atomic mass is 9.98. The first-order valence-electron chi connectivity index (χ1n) is 10.6. The third-order valence-electron chi connectivity index (χ3n) is 4.74. The molecule has 0 bridgehead atoms. The largest absolute Gasteiger partial charge is 0.444 e. The van der Waals surface area contributed by atoms with Crippen LogP contribution in [0.25, 0.3) is 0 Å². The number of hydrogen-bond donors (Lipinski definition) is 2. The standard InChI is InChI=1S/C23H35N3O4/c1-14(2)24-20(27)19(18-11-9-8-10-15(18)3)26(17-12-13-17)21(28)16(4)25-22(29)30-23(5,6)7/h8-11,14,16-17,19H,12-13H2,1-7H3,(H,24,27)(H,25,29). The number of nitrogens with zero attached hydrogens (tertiary/aromatic N) is 1. The minimum absolute atomic E-state index is 0.0251. The molecule has 2 unspecified atom stereocenters. The minimum Gasteiger partial charge on any atom is -0.444 e. The summed E-state index contributed by atoms with van der Waals surface area (Å²) in [6, 6.07) is 5.94. The SMILES string of the molecule is Cc1ccccc1C(C(=O)NC(C)C)N(C(=O)C(C)NC(=O)OC(C)(C)C)C1CC1. The van der Waals surface area contributed by atoms with Crippen molar-refractivity contribution >= 4 is 17.9 Å². The van der Waals surface area contributed by atoms with Crippen molar-refractivity contribution in [3.63, 3.8) is 0 Å². The van der Waals surface area contributed by atoms with Crippen molar-refractivity contribution in [1.29, 1.82) is 0 Å². The first-order valence-corrected chi connectivity index (χ1v) is 10.6. The van der Waals surface area contributed by atoms with Crippen LogP contribution in [0, 0.1) is 6.92 Å². The van der Waals surface area contributed by atoms with Gasteiger partial charge in [-0.15, -0.1) is 0 Å². The first kappa shape index (κ1) is 23.7. The minimum atomic E-state index is -0.821. The molecule has 1 fully saturated rings. The van der Waals surface area contributed by atoms with Crippen LogP contribution in [0.4, 0.5) is 4.79 Å². The third kappa shape index (κ3) is 6.47. The van der Waals surface area contributed by atoms with Crippen molar-refractivity contribution in [3.8, 4) is 0 Å². The van der Waals surface area contributed by atoms with E-state index in [4.69, 9.17) is 4.74 Å². The Bertz CT molecular complexity index is 781. The predicted molar refractivity (Wildman–Crippen MR) is 116 cm³/mol. The first-order chi connectivity index (χ1) is 13.9. The summed E-state index contributed by atoms with van der Waals surface area (Å²) < 4.78 is 5.28. The van der Waals surface area contributed by atoms with Gasteiger partial charge < -0.3 is 20.3 Å². The zero-order valence-corrected chi connectivity index (χ0v) is 19.1. The van der Waals surface area contributed by atoms with E-state index in [-0.39, 0.29) is 23.9 Å². The van der Waals surface area contributed by atoms with E-state index in [1.54, 1.807) is 32.6 Å². The summed E-state index contributed by atoms with van der Waals surface area (Å²) in [6.07, 6.45) is 1.02. The number of carbonyl (C=O) groups is 3. The van der Waals surface area contributed by atoms with E-state index in [1.807, 2.05) is 45.0 Å². The Morgan fingerprint density at radius 2 is 1.67 bits per heavy atom. The molecule has 2 atom stereocenters. The Balaban J connectivity index is 2.33. The van der Waals surface area contributed by atoms with Crippen LogP contribution in [-0.4, -0.2) is 46.5 Å². The Morgan fingerprint density at radius 3 is 2.17 bits per heavy atom. The van der Waals surface area contributed by atoms with E-state index in [1.165, 1.54) is 0 Å². The van der Waals surface area contributed by atoms with Crippen molar-refractivity contribution in [3.05, 3.63) is 35.4 Å². The molecule has 166 valence electrons. The fourth-order valence-electron chi connectivity index (χ4n) is 3.31. The highest BCUT2D eigenvalue weighted by Crippen LogP contribution is 2.36. The van der Waals surface area contributed by atoms with Crippen LogP contribution in [0.5, 0.6) is 0 Å². The van der Waals surface area contributed by atoms with Gasteiger partial charge in [-0.25, -0.2) is 4.79 Å². The molecule has 1 aliphatic carbocycles. The lowest BCUT2D eigenvalue weighted by Gasteiger charge is -2.34. The second-order valence-electron chi connectivity index (χ2n) is 9.27. The van der Waals surface area contributed by atoms with Crippen molar-refractivity contribution in [2.75, 3.05) is 0 Å². The van der Waals surface area contributed by atoms with Gasteiger partial charge >= 0.3 is 6.09 Å². The second-order valence-corrected chi connectivity index (χ2v) is 9.27. The van der Waals surface area contributed by atoms with Gasteiger partial charge in [-0.05, 0) is 72.4 Å². The zero-order valence-electron chi connectivity index (χ0n) is 19.1. The van der Waals surface area contributed by atoms with Crippen molar-refractivity contribution < 1.29 is 19.1 Å². The van der Waals surface area contributed by atoms with Crippen LogP contribution in [0.2, 0.25) is 0 Å². The summed E-state index contributed by atoms with van der Waals surface area (Å²) in [4.78, 5) is 40.4. The normalized spacial score (nSPS) is 15.9. The molecule has 3 amide bonds. The number of benzene rings is 1. The molecule has 0 radical (unpaired) electrons. The third-order valence-corrected chi connectivity index (χ3v) is 4.74. The maximum atomic E-state index is 13.4. The fraction of sp³-hybridized carbons (Fsp3) is 0.609. The number of alkyl carbamates (subject to hydrolysis) is 1. The number of hydrogen-bond acceptors (Lipinski definition) is 4. The van der Waals surface area contributed by atoms with Gasteiger partial charge in [0.25, 0.3) is 0 Å². The number of ether oxygens (including phenoxy) is 1. The van der Waals surface area contributed by atoms with Crippen LogP contribution in [-0.2, 0) is 14.3 Å². The Morgan fingerprint density at radius 1 is 1.07 bits per heavy atom. The molecule has 2 N–H and O–H groups in total. The zero-order chi connectivity index (χ0) is 22.6. The molecule has 7 heteroatoms. The summed E-state index contributed by atoms with van der Waals surface area (Å²) in [7, 11) is 0. The Hall–Kier alpha value is -2.57. The highest BCUT2D eigenvalue weighted by Gasteiger charge is 2.43. The molecule has 0 aliphatic heterocycles. The highest BCUT2D eigenvalue weighted by molar-refractivity contribution is 5.92. The van der Waals surface area contributed by atoms with Gasteiger partial charge in [-0.1, -0.05) is 24.3 Å². The molecular weight excluding hydrogens is 382 g/mol. The number of carbonyl (C=O) groups excluding carboxylic acids is 3.